The Balaban J connectivity index is 1.82. The Morgan fingerprint density at radius 2 is 2.04 bits per heavy atom. The van der Waals surface area contributed by atoms with E-state index in [2.05, 4.69) is 10.5 Å². The SMILES string of the molecule is COc1ccc(/C=N\NC(=O)CCSc2ccc(C)cc2)cc1[N+](=O)[O-]. The van der Waals surface area contributed by atoms with Gasteiger partial charge in [-0.05, 0) is 31.2 Å². The average molecular weight is 373 g/mol. The van der Waals surface area contributed by atoms with E-state index in [1.54, 1.807) is 17.8 Å². The van der Waals surface area contributed by atoms with E-state index in [4.69, 9.17) is 4.74 Å². The molecule has 1 N–H and O–H groups in total. The second-order valence-corrected chi connectivity index (χ2v) is 6.56. The second kappa shape index (κ2) is 9.57. The van der Waals surface area contributed by atoms with E-state index in [1.165, 1.54) is 31.0 Å². The summed E-state index contributed by atoms with van der Waals surface area (Å²) in [6.07, 6.45) is 1.68. The first-order valence-corrected chi connectivity index (χ1v) is 8.82. The summed E-state index contributed by atoms with van der Waals surface area (Å²) < 4.78 is 4.93. The largest absolute Gasteiger partial charge is 0.490 e. The number of hydrogen-bond donors (Lipinski definition) is 1. The van der Waals surface area contributed by atoms with Crippen molar-refractivity contribution < 1.29 is 14.5 Å². The maximum Gasteiger partial charge on any atom is 0.311 e. The van der Waals surface area contributed by atoms with E-state index in [-0.39, 0.29) is 17.3 Å². The highest BCUT2D eigenvalue weighted by atomic mass is 32.2. The van der Waals surface area contributed by atoms with E-state index < -0.39 is 4.92 Å². The molecule has 0 aliphatic rings. The summed E-state index contributed by atoms with van der Waals surface area (Å²) in [6.45, 7) is 2.03. The van der Waals surface area contributed by atoms with Gasteiger partial charge in [-0.25, -0.2) is 5.43 Å². The molecule has 0 heterocycles. The monoisotopic (exact) mass is 373 g/mol. The summed E-state index contributed by atoms with van der Waals surface area (Å²) in [6, 6.07) is 12.5. The van der Waals surface area contributed by atoms with E-state index in [1.807, 2.05) is 31.2 Å². The molecular weight excluding hydrogens is 354 g/mol. The first-order valence-electron chi connectivity index (χ1n) is 7.83. The molecule has 0 atom stereocenters. The van der Waals surface area contributed by atoms with Gasteiger partial charge in [-0.15, -0.1) is 11.8 Å². The lowest BCUT2D eigenvalue weighted by atomic mass is 10.2. The number of benzene rings is 2. The summed E-state index contributed by atoms with van der Waals surface area (Å²) in [7, 11) is 1.37. The van der Waals surface area contributed by atoms with Gasteiger partial charge in [-0.1, -0.05) is 17.7 Å². The highest BCUT2D eigenvalue weighted by Gasteiger charge is 2.14. The molecule has 0 unspecified atom stereocenters. The van der Waals surface area contributed by atoms with Crippen molar-refractivity contribution in [2.24, 2.45) is 5.10 Å². The van der Waals surface area contributed by atoms with E-state index in [9.17, 15) is 14.9 Å². The standard InChI is InChI=1S/C18H19N3O4S/c1-13-3-6-15(7-4-13)26-10-9-18(22)20-19-12-14-5-8-17(25-2)16(11-14)21(23)24/h3-8,11-12H,9-10H2,1-2H3,(H,20,22)/b19-12-. The predicted octanol–water partition coefficient (Wildman–Crippen LogP) is 3.54. The lowest BCUT2D eigenvalue weighted by Crippen LogP contribution is -2.17. The molecule has 0 saturated carbocycles. The van der Waals surface area contributed by atoms with Gasteiger partial charge in [0, 0.05) is 28.7 Å². The number of rotatable bonds is 8. The molecule has 7 nitrogen and oxygen atoms in total. The maximum absolute atomic E-state index is 11.8. The van der Waals surface area contributed by atoms with Crippen LogP contribution in [0.15, 0.2) is 52.5 Å². The highest BCUT2D eigenvalue weighted by molar-refractivity contribution is 7.99. The topological polar surface area (TPSA) is 93.8 Å². The van der Waals surface area contributed by atoms with Crippen LogP contribution in [0, 0.1) is 17.0 Å². The summed E-state index contributed by atoms with van der Waals surface area (Å²) in [5.74, 6) is 0.589. The average Bonchev–Trinajstić information content (AvgIpc) is 2.63. The van der Waals surface area contributed by atoms with Gasteiger partial charge in [-0.3, -0.25) is 14.9 Å². The second-order valence-electron chi connectivity index (χ2n) is 5.39. The van der Waals surface area contributed by atoms with Gasteiger partial charge < -0.3 is 4.74 Å². The van der Waals surface area contributed by atoms with Crippen molar-refractivity contribution in [3.05, 3.63) is 63.7 Å². The number of nitrogens with one attached hydrogen (secondary N) is 1. The van der Waals surface area contributed by atoms with E-state index >= 15 is 0 Å². The van der Waals surface area contributed by atoms with Gasteiger partial charge in [0.15, 0.2) is 5.75 Å². The number of amides is 1. The first-order chi connectivity index (χ1) is 12.5. The fourth-order valence-electron chi connectivity index (χ4n) is 2.06. The molecule has 2 aromatic rings. The fraction of sp³-hybridized carbons (Fsp3) is 0.222. The number of hydrogen-bond acceptors (Lipinski definition) is 6. The van der Waals surface area contributed by atoms with Gasteiger partial charge in [-0.2, -0.15) is 5.10 Å². The van der Waals surface area contributed by atoms with Gasteiger partial charge in [0.25, 0.3) is 0 Å². The lowest BCUT2D eigenvalue weighted by molar-refractivity contribution is -0.385. The molecule has 0 aliphatic heterocycles. The third kappa shape index (κ3) is 5.89. The minimum absolute atomic E-state index is 0.155. The minimum Gasteiger partial charge on any atom is -0.490 e. The summed E-state index contributed by atoms with van der Waals surface area (Å²) in [5.41, 5.74) is 3.95. The Bertz CT molecular complexity index is 807. The van der Waals surface area contributed by atoms with Crippen LogP contribution in [0.5, 0.6) is 5.75 Å². The molecule has 0 saturated heterocycles. The number of carbonyl (C=O) groups is 1. The molecule has 136 valence electrons. The Morgan fingerprint density at radius 1 is 1.31 bits per heavy atom. The van der Waals surface area contributed by atoms with Crippen molar-refractivity contribution in [2.75, 3.05) is 12.9 Å². The van der Waals surface area contributed by atoms with Gasteiger partial charge in [0.2, 0.25) is 5.91 Å². The molecule has 2 rings (SSSR count). The third-order valence-electron chi connectivity index (χ3n) is 3.42. The Labute approximate surface area is 155 Å². The zero-order valence-electron chi connectivity index (χ0n) is 14.5. The van der Waals surface area contributed by atoms with Crippen LogP contribution in [0.1, 0.15) is 17.5 Å². The molecule has 0 aliphatic carbocycles. The third-order valence-corrected chi connectivity index (χ3v) is 4.44. The van der Waals surface area contributed by atoms with Crippen molar-refractivity contribution in [3.8, 4) is 5.75 Å². The Morgan fingerprint density at radius 3 is 2.69 bits per heavy atom. The molecule has 0 aromatic heterocycles. The van der Waals surface area contributed by atoms with Crippen LogP contribution in [0.4, 0.5) is 5.69 Å². The quantitative estimate of drug-likeness (QED) is 0.330. The van der Waals surface area contributed by atoms with E-state index in [0.29, 0.717) is 17.7 Å². The zero-order chi connectivity index (χ0) is 18.9. The van der Waals surface area contributed by atoms with Gasteiger partial charge in [0.05, 0.1) is 18.2 Å². The van der Waals surface area contributed by atoms with Crippen LogP contribution in [-0.2, 0) is 4.79 Å². The smallest absolute Gasteiger partial charge is 0.311 e. The zero-order valence-corrected chi connectivity index (χ0v) is 15.3. The molecule has 0 radical (unpaired) electrons. The van der Waals surface area contributed by atoms with Crippen molar-refractivity contribution in [1.82, 2.24) is 5.43 Å². The van der Waals surface area contributed by atoms with Crippen LogP contribution in [0.3, 0.4) is 0 Å². The maximum atomic E-state index is 11.8. The number of nitrogens with zero attached hydrogens (tertiary/aromatic N) is 2. The minimum atomic E-state index is -0.531. The normalized spacial score (nSPS) is 10.7. The number of nitro benzene ring substituents is 1. The van der Waals surface area contributed by atoms with Gasteiger partial charge >= 0.3 is 5.69 Å². The summed E-state index contributed by atoms with van der Waals surface area (Å²) in [5, 5.41) is 14.8. The number of thioether (sulfide) groups is 1. The molecule has 26 heavy (non-hydrogen) atoms. The first kappa shape index (κ1) is 19.5. The number of ether oxygens (including phenoxy) is 1. The van der Waals surface area contributed by atoms with Crippen molar-refractivity contribution >= 4 is 29.6 Å². The number of carbonyl (C=O) groups excluding carboxylic acids is 1. The summed E-state index contributed by atoms with van der Waals surface area (Å²) in [4.78, 5) is 23.3. The molecular formula is C18H19N3O4S. The highest BCUT2D eigenvalue weighted by Crippen LogP contribution is 2.26. The van der Waals surface area contributed by atoms with Crippen LogP contribution in [0.2, 0.25) is 0 Å². The van der Waals surface area contributed by atoms with Crippen LogP contribution in [0.25, 0.3) is 0 Å². The molecule has 0 fully saturated rings. The molecule has 0 spiro atoms. The molecule has 1 amide bonds. The number of methoxy groups -OCH3 is 1. The number of nitro groups is 1. The lowest BCUT2D eigenvalue weighted by Gasteiger charge is -2.03. The van der Waals surface area contributed by atoms with Crippen molar-refractivity contribution in [2.45, 2.75) is 18.2 Å². The molecule has 0 bridgehead atoms. The Hall–Kier alpha value is -2.87. The molecule has 8 heteroatoms. The molecule has 2 aromatic carbocycles. The van der Waals surface area contributed by atoms with Crippen LogP contribution >= 0.6 is 11.8 Å². The van der Waals surface area contributed by atoms with Crippen LogP contribution in [-0.4, -0.2) is 29.9 Å². The number of aryl methyl sites for hydroxylation is 1. The van der Waals surface area contributed by atoms with Crippen LogP contribution < -0.4 is 10.2 Å². The van der Waals surface area contributed by atoms with E-state index in [0.717, 1.165) is 4.90 Å². The fourth-order valence-corrected chi connectivity index (χ4v) is 2.91. The number of hydrazone groups is 1. The Kier molecular flexibility index (Phi) is 7.16. The van der Waals surface area contributed by atoms with Crippen molar-refractivity contribution in [1.29, 1.82) is 0 Å². The summed E-state index contributed by atoms with van der Waals surface area (Å²) >= 11 is 1.59. The predicted molar refractivity (Wildman–Crippen MR) is 102 cm³/mol. The van der Waals surface area contributed by atoms with Crippen molar-refractivity contribution in [3.63, 3.8) is 0 Å². The van der Waals surface area contributed by atoms with Gasteiger partial charge in [0.1, 0.15) is 0 Å².